The maximum Gasteiger partial charge on any atom is 0.0546 e. The fourth-order valence-electron chi connectivity index (χ4n) is 2.44. The zero-order valence-corrected chi connectivity index (χ0v) is 9.32. The first-order valence-electron chi connectivity index (χ1n) is 5.85. The van der Waals surface area contributed by atoms with E-state index in [9.17, 15) is 5.11 Å². The van der Waals surface area contributed by atoms with E-state index in [1.54, 1.807) is 0 Å². The topological polar surface area (TPSA) is 33.1 Å². The van der Waals surface area contributed by atoms with Gasteiger partial charge in [-0.3, -0.25) is 4.98 Å². The summed E-state index contributed by atoms with van der Waals surface area (Å²) in [7, 11) is 0. The van der Waals surface area contributed by atoms with Crippen molar-refractivity contribution in [3.63, 3.8) is 0 Å². The molecule has 1 saturated carbocycles. The number of nitrogens with zero attached hydrogens (tertiary/aromatic N) is 1. The maximum absolute atomic E-state index is 9.77. The molecule has 1 N–H and O–H groups in total. The number of hydrogen-bond acceptors (Lipinski definition) is 2. The lowest BCUT2D eigenvalue weighted by Crippen LogP contribution is -2.09. The maximum atomic E-state index is 9.77. The Kier molecular flexibility index (Phi) is 3.37. The van der Waals surface area contributed by atoms with E-state index in [4.69, 9.17) is 0 Å². The fourth-order valence-corrected chi connectivity index (χ4v) is 2.44. The van der Waals surface area contributed by atoms with Gasteiger partial charge >= 0.3 is 0 Å². The Hall–Kier alpha value is -0.890. The Morgan fingerprint density at radius 3 is 2.87 bits per heavy atom. The van der Waals surface area contributed by atoms with Crippen LogP contribution in [0.3, 0.4) is 0 Å². The standard InChI is InChI=1S/C13H19NO/c1-10-6-12(9-14-8-10)11-4-2-3-5-13(15)7-11/h6,8-9,11,13,15H,2-5,7H2,1H3. The van der Waals surface area contributed by atoms with Crippen molar-refractivity contribution in [1.82, 2.24) is 4.98 Å². The Bertz CT molecular complexity index is 324. The van der Waals surface area contributed by atoms with Crippen LogP contribution in [0, 0.1) is 6.92 Å². The lowest BCUT2D eigenvalue weighted by atomic mass is 9.92. The summed E-state index contributed by atoms with van der Waals surface area (Å²) in [5.74, 6) is 0.509. The number of aryl methyl sites for hydroxylation is 1. The third kappa shape index (κ3) is 2.78. The summed E-state index contributed by atoms with van der Waals surface area (Å²) < 4.78 is 0. The average Bonchev–Trinajstić information content (AvgIpc) is 2.43. The minimum Gasteiger partial charge on any atom is -0.393 e. The van der Waals surface area contributed by atoms with Crippen molar-refractivity contribution >= 4 is 0 Å². The number of pyridine rings is 1. The Morgan fingerprint density at radius 1 is 1.27 bits per heavy atom. The highest BCUT2D eigenvalue weighted by atomic mass is 16.3. The molecule has 1 aromatic heterocycles. The molecular weight excluding hydrogens is 186 g/mol. The van der Waals surface area contributed by atoms with Crippen LogP contribution in [0.5, 0.6) is 0 Å². The summed E-state index contributed by atoms with van der Waals surface area (Å²) in [6.07, 6.45) is 9.19. The molecule has 0 bridgehead atoms. The van der Waals surface area contributed by atoms with Crippen LogP contribution in [0.25, 0.3) is 0 Å². The Labute approximate surface area is 91.4 Å². The molecule has 1 aliphatic rings. The van der Waals surface area contributed by atoms with E-state index in [1.165, 1.54) is 24.0 Å². The first-order chi connectivity index (χ1) is 7.25. The molecule has 0 saturated heterocycles. The van der Waals surface area contributed by atoms with Crippen molar-refractivity contribution in [3.05, 3.63) is 29.6 Å². The normalized spacial score (nSPS) is 27.3. The van der Waals surface area contributed by atoms with Crippen LogP contribution in [0.2, 0.25) is 0 Å². The molecule has 0 aromatic carbocycles. The fraction of sp³-hybridized carbons (Fsp3) is 0.615. The number of aliphatic hydroxyl groups excluding tert-OH is 1. The molecule has 82 valence electrons. The minimum absolute atomic E-state index is 0.113. The molecule has 0 aliphatic heterocycles. The molecule has 1 fully saturated rings. The molecule has 2 atom stereocenters. The summed E-state index contributed by atoms with van der Waals surface area (Å²) in [6.45, 7) is 2.07. The second-order valence-corrected chi connectivity index (χ2v) is 4.67. The predicted molar refractivity (Wildman–Crippen MR) is 60.8 cm³/mol. The van der Waals surface area contributed by atoms with Crippen LogP contribution < -0.4 is 0 Å². The van der Waals surface area contributed by atoms with Crippen LogP contribution in [-0.4, -0.2) is 16.2 Å². The van der Waals surface area contributed by atoms with Crippen LogP contribution >= 0.6 is 0 Å². The van der Waals surface area contributed by atoms with Crippen LogP contribution in [0.4, 0.5) is 0 Å². The van der Waals surface area contributed by atoms with E-state index < -0.39 is 0 Å². The van der Waals surface area contributed by atoms with Crippen molar-refractivity contribution in [2.24, 2.45) is 0 Å². The summed E-state index contributed by atoms with van der Waals surface area (Å²) >= 11 is 0. The van der Waals surface area contributed by atoms with Gasteiger partial charge in [-0.1, -0.05) is 18.9 Å². The number of aromatic nitrogens is 1. The van der Waals surface area contributed by atoms with Crippen molar-refractivity contribution in [3.8, 4) is 0 Å². The number of rotatable bonds is 1. The first-order valence-corrected chi connectivity index (χ1v) is 5.85. The summed E-state index contributed by atoms with van der Waals surface area (Å²) in [4.78, 5) is 4.23. The Balaban J connectivity index is 2.14. The second kappa shape index (κ2) is 4.75. The molecule has 2 unspecified atom stereocenters. The number of hydrogen-bond donors (Lipinski definition) is 1. The molecule has 1 aliphatic carbocycles. The van der Waals surface area contributed by atoms with Gasteiger partial charge in [-0.05, 0) is 43.2 Å². The van der Waals surface area contributed by atoms with E-state index in [0.29, 0.717) is 5.92 Å². The van der Waals surface area contributed by atoms with Gasteiger partial charge in [0.05, 0.1) is 6.10 Å². The number of aliphatic hydroxyl groups is 1. The van der Waals surface area contributed by atoms with Crippen LogP contribution in [0.1, 0.15) is 49.1 Å². The molecule has 1 aromatic rings. The second-order valence-electron chi connectivity index (χ2n) is 4.67. The smallest absolute Gasteiger partial charge is 0.0546 e. The lowest BCUT2D eigenvalue weighted by Gasteiger charge is -2.16. The van der Waals surface area contributed by atoms with Crippen LogP contribution in [-0.2, 0) is 0 Å². The van der Waals surface area contributed by atoms with Gasteiger partial charge in [0, 0.05) is 12.4 Å². The molecule has 0 radical (unpaired) electrons. The minimum atomic E-state index is -0.113. The Morgan fingerprint density at radius 2 is 2.07 bits per heavy atom. The molecule has 0 spiro atoms. The van der Waals surface area contributed by atoms with Crippen molar-refractivity contribution in [2.45, 2.75) is 51.0 Å². The third-order valence-electron chi connectivity index (χ3n) is 3.26. The summed E-state index contributed by atoms with van der Waals surface area (Å²) in [6, 6.07) is 2.20. The van der Waals surface area contributed by atoms with E-state index in [1.807, 2.05) is 12.4 Å². The van der Waals surface area contributed by atoms with E-state index in [2.05, 4.69) is 18.0 Å². The highest BCUT2D eigenvalue weighted by molar-refractivity contribution is 5.21. The highest BCUT2D eigenvalue weighted by Gasteiger charge is 2.19. The molecule has 2 rings (SSSR count). The lowest BCUT2D eigenvalue weighted by molar-refractivity contribution is 0.152. The zero-order chi connectivity index (χ0) is 10.7. The largest absolute Gasteiger partial charge is 0.393 e. The van der Waals surface area contributed by atoms with E-state index in [0.717, 1.165) is 19.3 Å². The average molecular weight is 205 g/mol. The van der Waals surface area contributed by atoms with Gasteiger partial charge in [0.2, 0.25) is 0 Å². The molecule has 1 heterocycles. The van der Waals surface area contributed by atoms with Crippen molar-refractivity contribution in [1.29, 1.82) is 0 Å². The first kappa shape index (κ1) is 10.6. The van der Waals surface area contributed by atoms with E-state index in [-0.39, 0.29) is 6.10 Å². The van der Waals surface area contributed by atoms with Crippen LogP contribution in [0.15, 0.2) is 18.5 Å². The van der Waals surface area contributed by atoms with Gasteiger partial charge in [0.15, 0.2) is 0 Å². The predicted octanol–water partition coefficient (Wildman–Crippen LogP) is 2.80. The zero-order valence-electron chi connectivity index (χ0n) is 9.32. The molecule has 0 amide bonds. The van der Waals surface area contributed by atoms with Gasteiger partial charge in [-0.15, -0.1) is 0 Å². The van der Waals surface area contributed by atoms with E-state index >= 15 is 0 Å². The van der Waals surface area contributed by atoms with Crippen molar-refractivity contribution < 1.29 is 5.11 Å². The van der Waals surface area contributed by atoms with Gasteiger partial charge in [-0.25, -0.2) is 0 Å². The monoisotopic (exact) mass is 205 g/mol. The SMILES string of the molecule is Cc1cncc(C2CCCCC(O)C2)c1. The quantitative estimate of drug-likeness (QED) is 0.715. The van der Waals surface area contributed by atoms with Gasteiger partial charge in [0.25, 0.3) is 0 Å². The molecular formula is C13H19NO. The third-order valence-corrected chi connectivity index (χ3v) is 3.26. The summed E-state index contributed by atoms with van der Waals surface area (Å²) in [5, 5.41) is 9.77. The highest BCUT2D eigenvalue weighted by Crippen LogP contribution is 2.31. The molecule has 2 heteroatoms. The van der Waals surface area contributed by atoms with Crippen molar-refractivity contribution in [2.75, 3.05) is 0 Å². The van der Waals surface area contributed by atoms with Gasteiger partial charge in [-0.2, -0.15) is 0 Å². The van der Waals surface area contributed by atoms with Gasteiger partial charge in [0.1, 0.15) is 0 Å². The molecule has 15 heavy (non-hydrogen) atoms. The summed E-state index contributed by atoms with van der Waals surface area (Å²) in [5.41, 5.74) is 2.52. The molecule has 2 nitrogen and oxygen atoms in total. The van der Waals surface area contributed by atoms with Gasteiger partial charge < -0.3 is 5.11 Å².